The topological polar surface area (TPSA) is 267 Å². The Morgan fingerprint density at radius 1 is 0.714 bits per heavy atom. The molecule has 20 nitrogen and oxygen atoms in total. The number of H-pyrrole nitrogens is 2. The van der Waals surface area contributed by atoms with Crippen LogP contribution in [0.3, 0.4) is 0 Å². The summed E-state index contributed by atoms with van der Waals surface area (Å²) in [6.45, 7) is 17.2. The number of nitrogens with zero attached hydrogens (tertiary/aromatic N) is 6. The SMILES string of the molecule is CCCCCCOC(C)c1c(C)c2cc3nc(c4c5[nH]c(cc6nc(cc1[nH]2)C(C)=C6CC)c(C)c5C(=O)C4)[C@@H](CCC(=O)NCCNC(=O)CN1CCN(CC(=O)O)CCN(CC(=O)O)CCN(CC(=O)O)CC1)C3C. The van der Waals surface area contributed by atoms with E-state index in [9.17, 15) is 44.1 Å². The molecule has 77 heavy (non-hydrogen) atoms. The molecule has 1 saturated heterocycles. The van der Waals surface area contributed by atoms with Gasteiger partial charge in [-0.05, 0) is 87.4 Å². The second kappa shape index (κ2) is 26.8. The summed E-state index contributed by atoms with van der Waals surface area (Å²) in [7, 11) is 0. The van der Waals surface area contributed by atoms with E-state index in [-0.39, 0.29) is 127 Å². The summed E-state index contributed by atoms with van der Waals surface area (Å²) in [4.78, 5) is 101. The number of ether oxygens (including phenoxy) is 1. The predicted octanol–water partition coefficient (Wildman–Crippen LogP) is 6.04. The van der Waals surface area contributed by atoms with Crippen LogP contribution in [0.1, 0.15) is 153 Å². The molecule has 0 aromatic carbocycles. The number of aryl methyl sites for hydroxylation is 2. The Labute approximate surface area is 451 Å². The number of carboxylic acids is 3. The normalized spacial score (nSPS) is 18.5. The Kier molecular flexibility index (Phi) is 20.3. The smallest absolute Gasteiger partial charge is 0.317 e. The first kappa shape index (κ1) is 58.4. The van der Waals surface area contributed by atoms with Gasteiger partial charge < -0.3 is 40.7 Å². The number of aliphatic carboxylic acids is 3. The lowest BCUT2D eigenvalue weighted by atomic mass is 9.85. The number of hydrogen-bond acceptors (Lipinski definition) is 13. The molecule has 3 aromatic heterocycles. The number of aromatic amines is 2. The fourth-order valence-electron chi connectivity index (χ4n) is 11.4. The number of amides is 2. The number of rotatable bonds is 22. The van der Waals surface area contributed by atoms with Gasteiger partial charge in [-0.2, -0.15) is 0 Å². The van der Waals surface area contributed by atoms with Gasteiger partial charge in [0, 0.05) is 136 Å². The van der Waals surface area contributed by atoms with Gasteiger partial charge in [-0.1, -0.05) is 40.0 Å². The van der Waals surface area contributed by atoms with Gasteiger partial charge in [0.1, 0.15) is 0 Å². The molecule has 4 aliphatic rings. The van der Waals surface area contributed by atoms with E-state index in [4.69, 9.17) is 14.7 Å². The fraction of sp³-hybridized carbons (Fsp3) is 0.579. The van der Waals surface area contributed by atoms with Crippen LogP contribution < -0.4 is 10.6 Å². The van der Waals surface area contributed by atoms with E-state index in [2.05, 4.69) is 80.3 Å². The van der Waals surface area contributed by atoms with Crippen LogP contribution in [0.15, 0.2) is 18.2 Å². The number of hydrogen-bond donors (Lipinski definition) is 7. The molecule has 6 heterocycles. The Bertz CT molecular complexity index is 2860. The largest absolute Gasteiger partial charge is 0.480 e. The van der Waals surface area contributed by atoms with Crippen LogP contribution in [-0.4, -0.2) is 189 Å². The molecule has 3 aliphatic heterocycles. The van der Waals surface area contributed by atoms with Gasteiger partial charge in [-0.25, -0.2) is 4.98 Å². The van der Waals surface area contributed by atoms with Crippen molar-refractivity contribution < 1.29 is 48.8 Å². The molecule has 1 aliphatic carbocycles. The molecule has 8 bridgehead atoms. The van der Waals surface area contributed by atoms with Crippen molar-refractivity contribution in [2.45, 2.75) is 118 Å². The third kappa shape index (κ3) is 14.8. The number of carboxylic acid groups (broad SMARTS) is 3. The second-order valence-corrected chi connectivity index (χ2v) is 21.2. The minimum atomic E-state index is -1.04. The number of carbonyl (C=O) groups excluding carboxylic acids is 3. The van der Waals surface area contributed by atoms with Gasteiger partial charge in [0.2, 0.25) is 11.8 Å². The zero-order valence-electron chi connectivity index (χ0n) is 46.1. The summed E-state index contributed by atoms with van der Waals surface area (Å²) in [5.74, 6) is -3.87. The molecular formula is C57H80N10O10. The first-order valence-electron chi connectivity index (χ1n) is 27.6. The summed E-state index contributed by atoms with van der Waals surface area (Å²) in [5, 5.41) is 34.5. The minimum absolute atomic E-state index is 0.0277. The standard InChI is InChI=1S/C57H80N10O10/c1-8-10-11-12-25-77-38(7)54-36(5)44-27-43-35(4)40(56(62-43)41-26-48(68)55-37(6)45(63-57(41)55)28-46-39(9-2)34(3)42(60-46)29-47(54)61-44)13-14-49(69)58-15-16-59-50(70)30-64-17-19-65(31-51(71)72)21-23-67(33-53(75)76)24-22-66(20-18-64)32-52(73)74/h27-29,35,38,40,61,63H,8-26,30-33H2,1-7H3,(H,58,69)(H,59,70)(H,71,72)(H,73,74)(H,75,76)/t35?,38?,40-/m0/s1. The zero-order valence-corrected chi connectivity index (χ0v) is 46.1. The Morgan fingerprint density at radius 2 is 1.27 bits per heavy atom. The Balaban J connectivity index is 1.08. The summed E-state index contributed by atoms with van der Waals surface area (Å²) >= 11 is 0. The van der Waals surface area contributed by atoms with Gasteiger partial charge in [-0.3, -0.25) is 53.4 Å². The molecule has 3 aromatic rings. The van der Waals surface area contributed by atoms with Gasteiger partial charge in [-0.15, -0.1) is 0 Å². The van der Waals surface area contributed by atoms with Crippen molar-refractivity contribution >= 4 is 68.7 Å². The molecule has 20 heteroatoms. The van der Waals surface area contributed by atoms with Crippen LogP contribution >= 0.6 is 0 Å². The summed E-state index contributed by atoms with van der Waals surface area (Å²) in [5.41, 5.74) is 13.6. The number of allylic oxidation sites excluding steroid dienone is 2. The maximum absolute atomic E-state index is 14.0. The maximum atomic E-state index is 14.0. The quantitative estimate of drug-likeness (QED) is 0.0565. The van der Waals surface area contributed by atoms with Crippen molar-refractivity contribution in [2.75, 3.05) is 98.2 Å². The Morgan fingerprint density at radius 3 is 1.84 bits per heavy atom. The lowest BCUT2D eigenvalue weighted by Gasteiger charge is -2.32. The molecular weight excluding hydrogens is 985 g/mol. The first-order chi connectivity index (χ1) is 36.8. The number of Topliss-reactive ketones (excluding diaryl/α,β-unsaturated/α-hetero) is 1. The van der Waals surface area contributed by atoms with E-state index in [0.717, 1.165) is 104 Å². The number of unbranched alkanes of at least 4 members (excludes halogenated alkanes) is 3. The fourth-order valence-corrected chi connectivity index (χ4v) is 11.4. The minimum Gasteiger partial charge on any atom is -0.480 e. The number of aromatic nitrogens is 4. The van der Waals surface area contributed by atoms with Crippen LogP contribution in [0.4, 0.5) is 0 Å². The predicted molar refractivity (Wildman–Crippen MR) is 295 cm³/mol. The molecule has 0 spiro atoms. The average Bonchev–Trinajstić information content (AvgIpc) is 4.15. The molecule has 1 fully saturated rings. The first-order valence-corrected chi connectivity index (χ1v) is 27.6. The summed E-state index contributed by atoms with van der Waals surface area (Å²) in [6.07, 6.45) is 5.87. The number of ketones is 1. The van der Waals surface area contributed by atoms with Crippen LogP contribution in [0.25, 0.3) is 33.2 Å². The van der Waals surface area contributed by atoms with Crippen molar-refractivity contribution in [1.29, 1.82) is 0 Å². The number of fused-ring (bicyclic) bond motifs is 8. The van der Waals surface area contributed by atoms with Gasteiger partial charge in [0.15, 0.2) is 5.78 Å². The highest BCUT2D eigenvalue weighted by molar-refractivity contribution is 6.13. The molecule has 3 atom stereocenters. The highest BCUT2D eigenvalue weighted by Gasteiger charge is 2.36. The molecule has 0 saturated carbocycles. The van der Waals surface area contributed by atoms with Crippen molar-refractivity contribution in [1.82, 2.24) is 50.2 Å². The van der Waals surface area contributed by atoms with Crippen LogP contribution in [0.2, 0.25) is 0 Å². The van der Waals surface area contributed by atoms with Crippen molar-refractivity contribution in [2.24, 2.45) is 0 Å². The number of nitrogens with one attached hydrogen (secondary N) is 4. The van der Waals surface area contributed by atoms with Crippen molar-refractivity contribution in [3.8, 4) is 0 Å². The number of carbonyl (C=O) groups is 6. The Hall–Kier alpha value is -6.32. The van der Waals surface area contributed by atoms with Gasteiger partial charge in [0.05, 0.1) is 54.9 Å². The van der Waals surface area contributed by atoms with Gasteiger partial charge in [0.25, 0.3) is 0 Å². The second-order valence-electron chi connectivity index (χ2n) is 21.2. The third-order valence-corrected chi connectivity index (χ3v) is 15.7. The summed E-state index contributed by atoms with van der Waals surface area (Å²) < 4.78 is 6.52. The van der Waals surface area contributed by atoms with E-state index in [1.165, 1.54) is 6.42 Å². The maximum Gasteiger partial charge on any atom is 0.317 e. The van der Waals surface area contributed by atoms with E-state index >= 15 is 0 Å². The van der Waals surface area contributed by atoms with Crippen molar-refractivity contribution in [3.63, 3.8) is 0 Å². The molecule has 0 radical (unpaired) electrons. The molecule has 2 amide bonds. The van der Waals surface area contributed by atoms with Crippen molar-refractivity contribution in [3.05, 3.63) is 68.8 Å². The summed E-state index contributed by atoms with van der Waals surface area (Å²) in [6, 6.07) is 6.31. The van der Waals surface area contributed by atoms with E-state index in [1.54, 1.807) is 14.7 Å². The third-order valence-electron chi connectivity index (χ3n) is 15.7. The lowest BCUT2D eigenvalue weighted by Crippen LogP contribution is -2.50. The average molecular weight is 1070 g/mol. The van der Waals surface area contributed by atoms with Gasteiger partial charge >= 0.3 is 17.9 Å². The van der Waals surface area contributed by atoms with Crippen LogP contribution in [-0.2, 0) is 35.1 Å². The van der Waals surface area contributed by atoms with E-state index in [0.29, 0.717) is 31.7 Å². The highest BCUT2D eigenvalue weighted by atomic mass is 16.5. The molecule has 418 valence electrons. The molecule has 7 N–H and O–H groups in total. The molecule has 7 rings (SSSR count). The van der Waals surface area contributed by atoms with Crippen LogP contribution in [0.5, 0.6) is 0 Å². The highest BCUT2D eigenvalue weighted by Crippen LogP contribution is 2.45. The van der Waals surface area contributed by atoms with Crippen LogP contribution in [0, 0.1) is 13.8 Å². The zero-order chi connectivity index (χ0) is 55.5. The van der Waals surface area contributed by atoms with E-state index < -0.39 is 17.9 Å². The lowest BCUT2D eigenvalue weighted by molar-refractivity contribution is -0.140. The van der Waals surface area contributed by atoms with E-state index in [1.807, 2.05) is 11.8 Å². The molecule has 2 unspecified atom stereocenters. The monoisotopic (exact) mass is 1060 g/mol.